The number of aromatic carboxylic acids is 1. The minimum Gasteiger partial charge on any atom is -0.476 e. The van der Waals surface area contributed by atoms with Gasteiger partial charge in [0.15, 0.2) is 10.7 Å². The minimum absolute atomic E-state index is 0.0914. The van der Waals surface area contributed by atoms with Crippen LogP contribution in [0.4, 0.5) is 0 Å². The fourth-order valence-electron chi connectivity index (χ4n) is 0.712. The number of aromatic nitrogens is 1. The Bertz CT molecular complexity index is 334. The van der Waals surface area contributed by atoms with Gasteiger partial charge < -0.3 is 10.4 Å². The zero-order valence-electron chi connectivity index (χ0n) is 6.90. The van der Waals surface area contributed by atoms with E-state index in [1.54, 1.807) is 6.92 Å². The number of amides is 1. The van der Waals surface area contributed by atoms with E-state index in [9.17, 15) is 9.59 Å². The normalized spacial score (nSPS) is 9.62. The zero-order valence-corrected chi connectivity index (χ0v) is 7.72. The third kappa shape index (κ3) is 2.25. The average Bonchev–Trinajstić information content (AvgIpc) is 2.52. The maximum atomic E-state index is 11.1. The van der Waals surface area contributed by atoms with Crippen LogP contribution in [0.25, 0.3) is 0 Å². The highest BCUT2D eigenvalue weighted by molar-refractivity contribution is 7.11. The van der Waals surface area contributed by atoms with E-state index in [0.717, 1.165) is 11.3 Å². The summed E-state index contributed by atoms with van der Waals surface area (Å²) in [7, 11) is 0. The Morgan fingerprint density at radius 2 is 2.38 bits per heavy atom. The molecule has 0 saturated heterocycles. The Kier molecular flexibility index (Phi) is 2.97. The van der Waals surface area contributed by atoms with E-state index in [1.807, 2.05) is 0 Å². The molecule has 6 heteroatoms. The summed E-state index contributed by atoms with van der Waals surface area (Å²) in [6, 6.07) is 0. The summed E-state index contributed by atoms with van der Waals surface area (Å²) < 4.78 is 0. The molecule has 1 amide bonds. The molecule has 70 valence electrons. The number of carbonyl (C=O) groups excluding carboxylic acids is 1. The predicted octanol–water partition coefficient (Wildman–Crippen LogP) is 0.591. The van der Waals surface area contributed by atoms with Gasteiger partial charge >= 0.3 is 5.97 Å². The molecule has 0 aliphatic heterocycles. The van der Waals surface area contributed by atoms with Crippen molar-refractivity contribution in [2.75, 3.05) is 6.54 Å². The van der Waals surface area contributed by atoms with Crippen molar-refractivity contribution < 1.29 is 14.7 Å². The highest BCUT2D eigenvalue weighted by atomic mass is 32.1. The Morgan fingerprint density at radius 1 is 1.69 bits per heavy atom. The van der Waals surface area contributed by atoms with Crippen molar-refractivity contribution in [3.63, 3.8) is 0 Å². The SMILES string of the molecule is CCNC(=O)c1nc(C(=O)O)cs1. The zero-order chi connectivity index (χ0) is 9.84. The fourth-order valence-corrected chi connectivity index (χ4v) is 1.42. The van der Waals surface area contributed by atoms with Gasteiger partial charge in [0.1, 0.15) is 0 Å². The van der Waals surface area contributed by atoms with Gasteiger partial charge in [-0.3, -0.25) is 4.79 Å². The monoisotopic (exact) mass is 200 g/mol. The number of hydrogen-bond donors (Lipinski definition) is 2. The first-order valence-corrected chi connectivity index (χ1v) is 4.50. The van der Waals surface area contributed by atoms with Crippen LogP contribution in [0.3, 0.4) is 0 Å². The Morgan fingerprint density at radius 3 is 2.85 bits per heavy atom. The molecule has 0 spiro atoms. The number of nitrogens with one attached hydrogen (secondary N) is 1. The third-order valence-corrected chi connectivity index (χ3v) is 2.10. The molecule has 1 heterocycles. The lowest BCUT2D eigenvalue weighted by atomic mass is 10.5. The molecule has 0 atom stereocenters. The first-order chi connectivity index (χ1) is 6.15. The van der Waals surface area contributed by atoms with Crippen LogP contribution in [0.1, 0.15) is 27.2 Å². The highest BCUT2D eigenvalue weighted by Crippen LogP contribution is 2.09. The van der Waals surface area contributed by atoms with Crippen LogP contribution in [0.15, 0.2) is 5.38 Å². The molecular weight excluding hydrogens is 192 g/mol. The standard InChI is InChI=1S/C7H8N2O3S/c1-2-8-5(10)6-9-4(3-13-6)7(11)12/h3H,2H2,1H3,(H,8,10)(H,11,12). The number of nitrogens with zero attached hydrogens (tertiary/aromatic N) is 1. The lowest BCUT2D eigenvalue weighted by Gasteiger charge is -1.95. The van der Waals surface area contributed by atoms with Gasteiger partial charge in [-0.2, -0.15) is 0 Å². The smallest absolute Gasteiger partial charge is 0.355 e. The van der Waals surface area contributed by atoms with Gasteiger partial charge in [0, 0.05) is 11.9 Å². The summed E-state index contributed by atoms with van der Waals surface area (Å²) in [5, 5.41) is 12.6. The van der Waals surface area contributed by atoms with Crippen molar-refractivity contribution in [3.8, 4) is 0 Å². The molecule has 13 heavy (non-hydrogen) atoms. The molecular formula is C7H8N2O3S. The summed E-state index contributed by atoms with van der Waals surface area (Å²) in [6.45, 7) is 2.28. The first-order valence-electron chi connectivity index (χ1n) is 3.62. The van der Waals surface area contributed by atoms with E-state index in [2.05, 4.69) is 10.3 Å². The van der Waals surface area contributed by atoms with Gasteiger partial charge in [0.05, 0.1) is 0 Å². The van der Waals surface area contributed by atoms with E-state index < -0.39 is 5.97 Å². The molecule has 0 saturated carbocycles. The Balaban J connectivity index is 2.79. The maximum absolute atomic E-state index is 11.1. The second-order valence-electron chi connectivity index (χ2n) is 2.20. The Hall–Kier alpha value is -1.43. The van der Waals surface area contributed by atoms with Gasteiger partial charge in [0.2, 0.25) is 0 Å². The highest BCUT2D eigenvalue weighted by Gasteiger charge is 2.13. The van der Waals surface area contributed by atoms with Crippen LogP contribution >= 0.6 is 11.3 Å². The molecule has 0 unspecified atom stereocenters. The van der Waals surface area contributed by atoms with Gasteiger partial charge in [-0.25, -0.2) is 9.78 Å². The second-order valence-corrected chi connectivity index (χ2v) is 3.06. The number of thiazole rings is 1. The van der Waals surface area contributed by atoms with E-state index in [1.165, 1.54) is 5.38 Å². The van der Waals surface area contributed by atoms with Crippen LogP contribution in [0.5, 0.6) is 0 Å². The van der Waals surface area contributed by atoms with E-state index >= 15 is 0 Å². The van der Waals surface area contributed by atoms with Crippen molar-refractivity contribution in [1.29, 1.82) is 0 Å². The molecule has 5 nitrogen and oxygen atoms in total. The number of hydrogen-bond acceptors (Lipinski definition) is 4. The lowest BCUT2D eigenvalue weighted by Crippen LogP contribution is -2.22. The van der Waals surface area contributed by atoms with Crippen molar-refractivity contribution in [2.45, 2.75) is 6.92 Å². The molecule has 0 aliphatic rings. The minimum atomic E-state index is -1.12. The second kappa shape index (κ2) is 3.99. The molecule has 1 aromatic heterocycles. The molecule has 0 aromatic carbocycles. The fraction of sp³-hybridized carbons (Fsp3) is 0.286. The van der Waals surface area contributed by atoms with Crippen molar-refractivity contribution in [3.05, 3.63) is 16.1 Å². The average molecular weight is 200 g/mol. The van der Waals surface area contributed by atoms with Crippen molar-refractivity contribution in [1.82, 2.24) is 10.3 Å². The Labute approximate surface area is 78.4 Å². The number of carboxylic acids is 1. The maximum Gasteiger partial charge on any atom is 0.355 e. The molecule has 0 aliphatic carbocycles. The predicted molar refractivity (Wildman–Crippen MR) is 47.1 cm³/mol. The summed E-state index contributed by atoms with van der Waals surface area (Å²) in [5.74, 6) is -1.45. The van der Waals surface area contributed by atoms with E-state index in [-0.39, 0.29) is 16.6 Å². The molecule has 0 fully saturated rings. The van der Waals surface area contributed by atoms with Crippen LogP contribution in [0.2, 0.25) is 0 Å². The van der Waals surface area contributed by atoms with Gasteiger partial charge in [-0.15, -0.1) is 11.3 Å². The number of carboxylic acid groups (broad SMARTS) is 1. The van der Waals surface area contributed by atoms with Gasteiger partial charge in [-0.1, -0.05) is 0 Å². The van der Waals surface area contributed by atoms with Crippen molar-refractivity contribution >= 4 is 23.2 Å². The van der Waals surface area contributed by atoms with Gasteiger partial charge in [-0.05, 0) is 6.92 Å². The molecule has 2 N–H and O–H groups in total. The summed E-state index contributed by atoms with van der Waals surface area (Å²) >= 11 is 1.02. The van der Waals surface area contributed by atoms with Crippen molar-refractivity contribution in [2.24, 2.45) is 0 Å². The largest absolute Gasteiger partial charge is 0.476 e. The van der Waals surface area contributed by atoms with Gasteiger partial charge in [0.25, 0.3) is 5.91 Å². The summed E-state index contributed by atoms with van der Waals surface area (Å²) in [5.41, 5.74) is -0.0914. The number of rotatable bonds is 3. The molecule has 1 aromatic rings. The number of carbonyl (C=O) groups is 2. The van der Waals surface area contributed by atoms with Crippen LogP contribution in [-0.4, -0.2) is 28.5 Å². The third-order valence-electron chi connectivity index (χ3n) is 1.25. The van der Waals surface area contributed by atoms with Crippen LogP contribution in [0, 0.1) is 0 Å². The van der Waals surface area contributed by atoms with E-state index in [4.69, 9.17) is 5.11 Å². The molecule has 0 radical (unpaired) electrons. The first kappa shape index (κ1) is 9.66. The summed E-state index contributed by atoms with van der Waals surface area (Å²) in [6.07, 6.45) is 0. The van der Waals surface area contributed by atoms with Crippen LogP contribution in [-0.2, 0) is 0 Å². The topological polar surface area (TPSA) is 79.3 Å². The summed E-state index contributed by atoms with van der Waals surface area (Å²) in [4.78, 5) is 25.2. The lowest BCUT2D eigenvalue weighted by molar-refractivity contribution is 0.0691. The molecule has 0 bridgehead atoms. The molecule has 1 rings (SSSR count). The van der Waals surface area contributed by atoms with E-state index in [0.29, 0.717) is 6.54 Å². The quantitative estimate of drug-likeness (QED) is 0.748. The van der Waals surface area contributed by atoms with Crippen LogP contribution < -0.4 is 5.32 Å².